The number of nitriles is 1. The van der Waals surface area contributed by atoms with Gasteiger partial charge in [0, 0.05) is 0 Å². The predicted molar refractivity (Wildman–Crippen MR) is 44.3 cm³/mol. The molecule has 0 saturated carbocycles. The van der Waals surface area contributed by atoms with Crippen molar-refractivity contribution in [3.63, 3.8) is 0 Å². The van der Waals surface area contributed by atoms with Crippen molar-refractivity contribution in [3.8, 4) is 6.07 Å². The molecule has 0 aliphatic carbocycles. The van der Waals surface area contributed by atoms with E-state index in [0.29, 0.717) is 0 Å². The second-order valence-corrected chi connectivity index (χ2v) is 3.10. The third-order valence-electron chi connectivity index (χ3n) is 2.27. The number of epoxide rings is 1. The largest absolute Gasteiger partial charge is 0.345 e. The number of hydrogen-bond acceptors (Lipinski definition) is 2. The van der Waals surface area contributed by atoms with Crippen molar-refractivity contribution >= 4 is 0 Å². The lowest BCUT2D eigenvalue weighted by atomic mass is 9.98. The number of ether oxygens (including phenoxy) is 1. The fourth-order valence-corrected chi connectivity index (χ4v) is 1.35. The minimum absolute atomic E-state index is 0.264. The maximum Gasteiger partial charge on any atom is 0.178 e. The lowest BCUT2D eigenvalue weighted by Gasteiger charge is -2.03. The molecule has 2 atom stereocenters. The van der Waals surface area contributed by atoms with Crippen LogP contribution in [0.1, 0.15) is 12.5 Å². The van der Waals surface area contributed by atoms with Crippen LogP contribution in [0.4, 0.5) is 0 Å². The zero-order valence-corrected chi connectivity index (χ0v) is 6.82. The minimum Gasteiger partial charge on any atom is -0.345 e. The molecule has 1 aliphatic heterocycles. The lowest BCUT2D eigenvalue weighted by Crippen LogP contribution is -2.05. The van der Waals surface area contributed by atoms with Gasteiger partial charge in [0.05, 0.1) is 6.07 Å². The molecule has 12 heavy (non-hydrogen) atoms. The summed E-state index contributed by atoms with van der Waals surface area (Å²) in [6, 6.07) is 11.9. The van der Waals surface area contributed by atoms with Gasteiger partial charge < -0.3 is 4.74 Å². The zero-order chi connectivity index (χ0) is 8.60. The molecule has 60 valence electrons. The average molecular weight is 159 g/mol. The fraction of sp³-hybridized carbons (Fsp3) is 0.300. The van der Waals surface area contributed by atoms with Crippen molar-refractivity contribution in [3.05, 3.63) is 35.9 Å². The Morgan fingerprint density at radius 1 is 1.42 bits per heavy atom. The number of benzene rings is 1. The quantitative estimate of drug-likeness (QED) is 0.586. The second kappa shape index (κ2) is 2.33. The van der Waals surface area contributed by atoms with Gasteiger partial charge in [0.2, 0.25) is 0 Å². The third-order valence-corrected chi connectivity index (χ3v) is 2.27. The van der Waals surface area contributed by atoms with Crippen LogP contribution in [0.5, 0.6) is 0 Å². The Hall–Kier alpha value is -1.33. The van der Waals surface area contributed by atoms with Crippen LogP contribution >= 0.6 is 0 Å². The Morgan fingerprint density at radius 2 is 2.08 bits per heavy atom. The molecule has 0 N–H and O–H groups in total. The smallest absolute Gasteiger partial charge is 0.178 e. The standard InChI is InChI=1S/C10H9NO/c1-10(9(7-11)12-10)8-5-3-2-4-6-8/h2-6,9H,1H3/t9-,10+/m0/s1. The molecule has 0 bridgehead atoms. The van der Waals surface area contributed by atoms with Crippen LogP contribution in [-0.2, 0) is 10.3 Å². The average Bonchev–Trinajstić information content (AvgIpc) is 2.81. The number of hydrogen-bond donors (Lipinski definition) is 0. The first-order chi connectivity index (χ1) is 5.77. The van der Waals surface area contributed by atoms with E-state index >= 15 is 0 Å². The fourth-order valence-electron chi connectivity index (χ4n) is 1.35. The summed E-state index contributed by atoms with van der Waals surface area (Å²) in [5, 5.41) is 8.63. The van der Waals surface area contributed by atoms with Gasteiger partial charge in [-0.15, -0.1) is 0 Å². The Balaban J connectivity index is 2.30. The van der Waals surface area contributed by atoms with Crippen molar-refractivity contribution in [1.82, 2.24) is 0 Å². The molecule has 0 spiro atoms. The molecule has 1 fully saturated rings. The molecule has 1 heterocycles. The van der Waals surface area contributed by atoms with Gasteiger partial charge in [-0.05, 0) is 12.5 Å². The van der Waals surface area contributed by atoms with E-state index in [0.717, 1.165) is 5.56 Å². The lowest BCUT2D eigenvalue weighted by molar-refractivity contribution is 0.321. The molecule has 0 aromatic heterocycles. The molecule has 2 rings (SSSR count). The van der Waals surface area contributed by atoms with E-state index in [4.69, 9.17) is 10.00 Å². The molecule has 1 aliphatic rings. The van der Waals surface area contributed by atoms with Crippen molar-refractivity contribution in [2.24, 2.45) is 0 Å². The normalized spacial score (nSPS) is 32.5. The van der Waals surface area contributed by atoms with E-state index in [-0.39, 0.29) is 11.7 Å². The molecule has 1 aromatic rings. The predicted octanol–water partition coefficient (Wildman–Crippen LogP) is 1.82. The van der Waals surface area contributed by atoms with Gasteiger partial charge >= 0.3 is 0 Å². The second-order valence-electron chi connectivity index (χ2n) is 3.10. The molecule has 1 saturated heterocycles. The van der Waals surface area contributed by atoms with Gasteiger partial charge in [0.1, 0.15) is 5.60 Å². The van der Waals surface area contributed by atoms with E-state index in [1.807, 2.05) is 37.3 Å². The van der Waals surface area contributed by atoms with E-state index in [9.17, 15) is 0 Å². The van der Waals surface area contributed by atoms with Gasteiger partial charge in [0.15, 0.2) is 6.10 Å². The summed E-state index contributed by atoms with van der Waals surface area (Å²) in [6.07, 6.45) is -0.264. The molecular formula is C10H9NO. The van der Waals surface area contributed by atoms with E-state index < -0.39 is 0 Å². The highest BCUT2D eigenvalue weighted by Crippen LogP contribution is 2.45. The van der Waals surface area contributed by atoms with Crippen molar-refractivity contribution in [1.29, 1.82) is 5.26 Å². The molecule has 0 radical (unpaired) electrons. The first-order valence-corrected chi connectivity index (χ1v) is 3.90. The topological polar surface area (TPSA) is 36.3 Å². The summed E-state index contributed by atoms with van der Waals surface area (Å²) in [4.78, 5) is 0. The van der Waals surface area contributed by atoms with Gasteiger partial charge in [-0.25, -0.2) is 0 Å². The molecule has 2 heteroatoms. The van der Waals surface area contributed by atoms with Crippen molar-refractivity contribution in [2.45, 2.75) is 18.6 Å². The summed E-state index contributed by atoms with van der Waals surface area (Å²) >= 11 is 0. The van der Waals surface area contributed by atoms with E-state index in [1.165, 1.54) is 0 Å². The monoisotopic (exact) mass is 159 g/mol. The highest BCUT2D eigenvalue weighted by atomic mass is 16.6. The highest BCUT2D eigenvalue weighted by molar-refractivity contribution is 5.31. The SMILES string of the molecule is C[C@]1(c2ccccc2)O[C@H]1C#N. The Labute approximate surface area is 71.4 Å². The summed E-state index contributed by atoms with van der Waals surface area (Å²) in [5.41, 5.74) is 0.729. The molecule has 0 unspecified atom stereocenters. The van der Waals surface area contributed by atoms with Gasteiger partial charge in [-0.3, -0.25) is 0 Å². The summed E-state index contributed by atoms with van der Waals surface area (Å²) in [5.74, 6) is 0. The number of nitrogens with zero attached hydrogens (tertiary/aromatic N) is 1. The van der Waals surface area contributed by atoms with Crippen LogP contribution in [0.2, 0.25) is 0 Å². The maximum absolute atomic E-state index is 8.63. The van der Waals surface area contributed by atoms with Crippen LogP contribution in [0.15, 0.2) is 30.3 Å². The summed E-state index contributed by atoms with van der Waals surface area (Å²) < 4.78 is 5.28. The van der Waals surface area contributed by atoms with Crippen LogP contribution in [-0.4, -0.2) is 6.10 Å². The van der Waals surface area contributed by atoms with Gasteiger partial charge in [0.25, 0.3) is 0 Å². The highest BCUT2D eigenvalue weighted by Gasteiger charge is 2.54. The van der Waals surface area contributed by atoms with Gasteiger partial charge in [-0.1, -0.05) is 30.3 Å². The summed E-state index contributed by atoms with van der Waals surface area (Å²) in [6.45, 7) is 1.94. The molecular weight excluding hydrogens is 150 g/mol. The van der Waals surface area contributed by atoms with Crippen LogP contribution in [0.3, 0.4) is 0 Å². The first-order valence-electron chi connectivity index (χ1n) is 3.90. The first kappa shape index (κ1) is 7.33. The van der Waals surface area contributed by atoms with Crippen LogP contribution < -0.4 is 0 Å². The maximum atomic E-state index is 8.63. The molecule has 1 aromatic carbocycles. The Bertz CT molecular complexity index is 327. The molecule has 0 amide bonds. The van der Waals surface area contributed by atoms with E-state index in [2.05, 4.69) is 6.07 Å². The van der Waals surface area contributed by atoms with Crippen molar-refractivity contribution in [2.75, 3.05) is 0 Å². The zero-order valence-electron chi connectivity index (χ0n) is 6.82. The molecule has 2 nitrogen and oxygen atoms in total. The minimum atomic E-state index is -0.351. The van der Waals surface area contributed by atoms with Gasteiger partial charge in [-0.2, -0.15) is 5.26 Å². The van der Waals surface area contributed by atoms with Crippen molar-refractivity contribution < 1.29 is 4.74 Å². The third kappa shape index (κ3) is 0.910. The number of rotatable bonds is 1. The Kier molecular flexibility index (Phi) is 1.42. The Morgan fingerprint density at radius 3 is 2.58 bits per heavy atom. The summed E-state index contributed by atoms with van der Waals surface area (Å²) in [7, 11) is 0. The van der Waals surface area contributed by atoms with E-state index in [1.54, 1.807) is 0 Å². The van der Waals surface area contributed by atoms with Crippen LogP contribution in [0, 0.1) is 11.3 Å². The van der Waals surface area contributed by atoms with Crippen LogP contribution in [0.25, 0.3) is 0 Å².